The minimum Gasteiger partial charge on any atom is -0.310 e. The van der Waals surface area contributed by atoms with Gasteiger partial charge in [-0.3, -0.25) is 4.98 Å². The van der Waals surface area contributed by atoms with Gasteiger partial charge in [-0.25, -0.2) is 0 Å². The number of pyridine rings is 1. The number of rotatable bonds is 6. The van der Waals surface area contributed by atoms with Crippen molar-refractivity contribution in [3.63, 3.8) is 0 Å². The average molecular weight is 241 g/mol. The number of hydrogen-bond donors (Lipinski definition) is 1. The van der Waals surface area contributed by atoms with E-state index in [0.29, 0.717) is 5.92 Å². The van der Waals surface area contributed by atoms with E-state index >= 15 is 0 Å². The molecule has 0 aliphatic rings. The molecule has 1 rings (SSSR count). The van der Waals surface area contributed by atoms with Crippen molar-refractivity contribution in [2.45, 2.75) is 39.1 Å². The zero-order chi connectivity index (χ0) is 12.0. The summed E-state index contributed by atoms with van der Waals surface area (Å²) in [4.78, 5) is 4.33. The largest absolute Gasteiger partial charge is 0.310 e. The molecule has 0 fully saturated rings. The van der Waals surface area contributed by atoms with Crippen LogP contribution in [0.4, 0.5) is 0 Å². The van der Waals surface area contributed by atoms with Gasteiger partial charge >= 0.3 is 0 Å². The minimum atomic E-state index is 0.212. The van der Waals surface area contributed by atoms with E-state index in [-0.39, 0.29) is 5.38 Å². The Balaban J connectivity index is 2.28. The van der Waals surface area contributed by atoms with Crippen LogP contribution in [-0.2, 0) is 6.54 Å². The fraction of sp³-hybridized carbons (Fsp3) is 0.615. The Morgan fingerprint density at radius 3 is 2.81 bits per heavy atom. The second-order valence-electron chi connectivity index (χ2n) is 4.62. The maximum Gasteiger partial charge on any atom is 0.0570 e. The van der Waals surface area contributed by atoms with Gasteiger partial charge in [-0.1, -0.05) is 19.9 Å². The zero-order valence-corrected chi connectivity index (χ0v) is 11.1. The highest BCUT2D eigenvalue weighted by Gasteiger charge is 2.07. The van der Waals surface area contributed by atoms with Crippen LogP contribution in [0.15, 0.2) is 18.3 Å². The number of aromatic nitrogens is 1. The Labute approximate surface area is 103 Å². The third-order valence-electron chi connectivity index (χ3n) is 2.50. The van der Waals surface area contributed by atoms with E-state index in [1.807, 2.05) is 12.3 Å². The first-order chi connectivity index (χ1) is 7.59. The summed E-state index contributed by atoms with van der Waals surface area (Å²) in [6.07, 6.45) is 2.88. The summed E-state index contributed by atoms with van der Waals surface area (Å²) >= 11 is 6.20. The molecule has 0 spiro atoms. The van der Waals surface area contributed by atoms with Crippen LogP contribution in [0.2, 0.25) is 0 Å². The molecule has 1 atom stereocenters. The molecule has 0 radical (unpaired) electrons. The monoisotopic (exact) mass is 240 g/mol. The Hall–Kier alpha value is -0.600. The third kappa shape index (κ3) is 4.95. The second-order valence-corrected chi connectivity index (χ2v) is 5.24. The molecule has 1 unspecified atom stereocenters. The molecule has 1 heterocycles. The van der Waals surface area contributed by atoms with Crippen LogP contribution in [0.5, 0.6) is 0 Å². The number of nitrogens with one attached hydrogen (secondary N) is 1. The lowest BCUT2D eigenvalue weighted by Crippen LogP contribution is -2.24. The average Bonchev–Trinajstić information content (AvgIpc) is 2.19. The van der Waals surface area contributed by atoms with E-state index < -0.39 is 0 Å². The second kappa shape index (κ2) is 6.87. The predicted molar refractivity (Wildman–Crippen MR) is 69.8 cm³/mol. The lowest BCUT2D eigenvalue weighted by Gasteiger charge is -2.13. The first-order valence-electron chi connectivity index (χ1n) is 5.85. The van der Waals surface area contributed by atoms with Gasteiger partial charge in [0, 0.05) is 24.7 Å². The van der Waals surface area contributed by atoms with E-state index in [1.165, 1.54) is 5.56 Å². The lowest BCUT2D eigenvalue weighted by molar-refractivity contribution is 0.531. The van der Waals surface area contributed by atoms with Gasteiger partial charge in [-0.2, -0.15) is 0 Å². The summed E-state index contributed by atoms with van der Waals surface area (Å²) in [7, 11) is 0. The van der Waals surface area contributed by atoms with E-state index in [1.54, 1.807) is 0 Å². The van der Waals surface area contributed by atoms with Crippen LogP contribution < -0.4 is 5.32 Å². The van der Waals surface area contributed by atoms with Crippen LogP contribution in [0.1, 0.15) is 31.5 Å². The molecule has 16 heavy (non-hydrogen) atoms. The van der Waals surface area contributed by atoms with Crippen LogP contribution in [-0.4, -0.2) is 16.9 Å². The van der Waals surface area contributed by atoms with Gasteiger partial charge in [0.2, 0.25) is 0 Å². The summed E-state index contributed by atoms with van der Waals surface area (Å²) in [5.41, 5.74) is 2.33. The highest BCUT2D eigenvalue weighted by Crippen LogP contribution is 2.10. The molecule has 1 aromatic rings. The maximum atomic E-state index is 6.20. The molecule has 0 aromatic carbocycles. The van der Waals surface area contributed by atoms with E-state index in [0.717, 1.165) is 25.2 Å². The number of aryl methyl sites for hydroxylation is 1. The van der Waals surface area contributed by atoms with Gasteiger partial charge < -0.3 is 5.32 Å². The van der Waals surface area contributed by atoms with Crippen molar-refractivity contribution < 1.29 is 0 Å². The van der Waals surface area contributed by atoms with Gasteiger partial charge in [-0.05, 0) is 30.9 Å². The number of halogens is 1. The van der Waals surface area contributed by atoms with Crippen LogP contribution >= 0.6 is 11.6 Å². The number of nitrogens with zero attached hydrogens (tertiary/aromatic N) is 1. The predicted octanol–water partition coefficient (Wildman–Crippen LogP) is 3.13. The molecular weight excluding hydrogens is 220 g/mol. The molecule has 2 nitrogen and oxygen atoms in total. The fourth-order valence-corrected chi connectivity index (χ4v) is 2.11. The van der Waals surface area contributed by atoms with E-state index in [2.05, 4.69) is 37.1 Å². The molecule has 3 heteroatoms. The normalized spacial score (nSPS) is 13.1. The van der Waals surface area contributed by atoms with Crippen molar-refractivity contribution in [1.82, 2.24) is 10.3 Å². The summed E-state index contributed by atoms with van der Waals surface area (Å²) in [6.45, 7) is 8.11. The van der Waals surface area contributed by atoms with Crippen molar-refractivity contribution in [2.75, 3.05) is 6.54 Å². The van der Waals surface area contributed by atoms with Gasteiger partial charge in [0.25, 0.3) is 0 Å². The molecule has 0 aliphatic carbocycles. The van der Waals surface area contributed by atoms with Crippen molar-refractivity contribution in [3.05, 3.63) is 29.6 Å². The highest BCUT2D eigenvalue weighted by molar-refractivity contribution is 6.20. The summed E-state index contributed by atoms with van der Waals surface area (Å²) in [6, 6.07) is 4.04. The highest BCUT2D eigenvalue weighted by atomic mass is 35.5. The summed E-state index contributed by atoms with van der Waals surface area (Å²) in [5, 5.41) is 3.57. The summed E-state index contributed by atoms with van der Waals surface area (Å²) < 4.78 is 0. The van der Waals surface area contributed by atoms with Crippen molar-refractivity contribution in [1.29, 1.82) is 0 Å². The standard InChI is InChI=1S/C13H21ClN2/c1-10(2)7-12(14)8-15-9-13-11(3)5-4-6-16-13/h4-6,10,12,15H,7-9H2,1-3H3. The van der Waals surface area contributed by atoms with Gasteiger partial charge in [0.1, 0.15) is 0 Å². The van der Waals surface area contributed by atoms with Crippen LogP contribution in [0.25, 0.3) is 0 Å². The molecule has 90 valence electrons. The topological polar surface area (TPSA) is 24.9 Å². The van der Waals surface area contributed by atoms with Gasteiger partial charge in [-0.15, -0.1) is 11.6 Å². The van der Waals surface area contributed by atoms with Gasteiger partial charge in [0.05, 0.1) is 5.69 Å². The third-order valence-corrected chi connectivity index (χ3v) is 2.84. The molecule has 1 aromatic heterocycles. The van der Waals surface area contributed by atoms with E-state index in [9.17, 15) is 0 Å². The SMILES string of the molecule is Cc1cccnc1CNCC(Cl)CC(C)C. The molecule has 0 amide bonds. The molecule has 0 saturated heterocycles. The van der Waals surface area contributed by atoms with E-state index in [4.69, 9.17) is 11.6 Å². The molecule has 0 aliphatic heterocycles. The zero-order valence-electron chi connectivity index (χ0n) is 10.3. The maximum absolute atomic E-state index is 6.20. The van der Waals surface area contributed by atoms with Crippen molar-refractivity contribution in [3.8, 4) is 0 Å². The molecular formula is C13H21ClN2. The smallest absolute Gasteiger partial charge is 0.0570 e. The molecule has 0 bridgehead atoms. The first-order valence-corrected chi connectivity index (χ1v) is 6.28. The Morgan fingerprint density at radius 1 is 1.44 bits per heavy atom. The van der Waals surface area contributed by atoms with Crippen LogP contribution in [0.3, 0.4) is 0 Å². The van der Waals surface area contributed by atoms with Crippen molar-refractivity contribution >= 4 is 11.6 Å². The Bertz CT molecular complexity index is 313. The minimum absolute atomic E-state index is 0.212. The van der Waals surface area contributed by atoms with Crippen LogP contribution in [0, 0.1) is 12.8 Å². The summed E-state index contributed by atoms with van der Waals surface area (Å²) in [5.74, 6) is 0.654. The first kappa shape index (κ1) is 13.5. The fourth-order valence-electron chi connectivity index (χ4n) is 1.65. The Kier molecular flexibility index (Phi) is 5.78. The lowest BCUT2D eigenvalue weighted by atomic mass is 10.1. The molecule has 1 N–H and O–H groups in total. The van der Waals surface area contributed by atoms with Crippen molar-refractivity contribution in [2.24, 2.45) is 5.92 Å². The van der Waals surface area contributed by atoms with Gasteiger partial charge in [0.15, 0.2) is 0 Å². The number of alkyl halides is 1. The number of hydrogen-bond acceptors (Lipinski definition) is 2. The molecule has 0 saturated carbocycles. The Morgan fingerprint density at radius 2 is 2.19 bits per heavy atom. The quantitative estimate of drug-likeness (QED) is 0.773.